The fraction of sp³-hybridized carbons (Fsp3) is 0.533. The SMILES string of the molecule is CC(C)Oc1ccccc1N1CCNC(CC#N)C1. The Morgan fingerprint density at radius 1 is 1.47 bits per heavy atom. The van der Waals surface area contributed by atoms with E-state index in [1.807, 2.05) is 32.0 Å². The zero-order valence-electron chi connectivity index (χ0n) is 11.6. The predicted molar refractivity (Wildman–Crippen MR) is 76.4 cm³/mol. The fourth-order valence-electron chi connectivity index (χ4n) is 2.36. The average molecular weight is 259 g/mol. The number of ether oxygens (including phenoxy) is 1. The van der Waals surface area contributed by atoms with Crippen molar-refractivity contribution in [2.75, 3.05) is 24.5 Å². The number of nitriles is 1. The highest BCUT2D eigenvalue weighted by molar-refractivity contribution is 5.59. The molecule has 1 atom stereocenters. The fourth-order valence-corrected chi connectivity index (χ4v) is 2.36. The van der Waals surface area contributed by atoms with Crippen LogP contribution in [0.3, 0.4) is 0 Å². The Kier molecular flexibility index (Phi) is 4.64. The largest absolute Gasteiger partial charge is 0.489 e. The van der Waals surface area contributed by atoms with Gasteiger partial charge in [-0.25, -0.2) is 0 Å². The van der Waals surface area contributed by atoms with Crippen molar-refractivity contribution in [3.63, 3.8) is 0 Å². The molecule has 1 aliphatic rings. The predicted octanol–water partition coefficient (Wildman–Crippen LogP) is 2.17. The maximum absolute atomic E-state index is 8.82. The van der Waals surface area contributed by atoms with Gasteiger partial charge >= 0.3 is 0 Å². The minimum atomic E-state index is 0.166. The molecular weight excluding hydrogens is 238 g/mol. The second-order valence-corrected chi connectivity index (χ2v) is 5.09. The topological polar surface area (TPSA) is 48.3 Å². The number of nitrogens with one attached hydrogen (secondary N) is 1. The van der Waals surface area contributed by atoms with Gasteiger partial charge in [0.05, 0.1) is 24.3 Å². The zero-order chi connectivity index (χ0) is 13.7. The lowest BCUT2D eigenvalue weighted by molar-refractivity contribution is 0.242. The summed E-state index contributed by atoms with van der Waals surface area (Å²) in [6.07, 6.45) is 0.711. The van der Waals surface area contributed by atoms with Gasteiger partial charge in [0, 0.05) is 25.7 Å². The lowest BCUT2D eigenvalue weighted by Gasteiger charge is -2.35. The Balaban J connectivity index is 2.14. The first-order chi connectivity index (χ1) is 9.20. The summed E-state index contributed by atoms with van der Waals surface area (Å²) in [7, 11) is 0. The molecular formula is C15H21N3O. The number of benzene rings is 1. The van der Waals surface area contributed by atoms with E-state index in [1.165, 1.54) is 0 Å². The number of hydrogen-bond donors (Lipinski definition) is 1. The van der Waals surface area contributed by atoms with E-state index in [0.717, 1.165) is 31.1 Å². The minimum Gasteiger partial charge on any atom is -0.489 e. The van der Waals surface area contributed by atoms with Crippen molar-refractivity contribution in [1.29, 1.82) is 5.26 Å². The van der Waals surface area contributed by atoms with Crippen LogP contribution in [0.2, 0.25) is 0 Å². The van der Waals surface area contributed by atoms with Gasteiger partial charge in [0.2, 0.25) is 0 Å². The number of hydrogen-bond acceptors (Lipinski definition) is 4. The number of rotatable bonds is 4. The summed E-state index contributed by atoms with van der Waals surface area (Å²) in [6.45, 7) is 6.77. The third kappa shape index (κ3) is 3.62. The van der Waals surface area contributed by atoms with Crippen molar-refractivity contribution < 1.29 is 4.74 Å². The van der Waals surface area contributed by atoms with Gasteiger partial charge in [-0.15, -0.1) is 0 Å². The van der Waals surface area contributed by atoms with Crippen molar-refractivity contribution >= 4 is 5.69 Å². The molecule has 2 rings (SSSR count). The Morgan fingerprint density at radius 3 is 3.00 bits per heavy atom. The van der Waals surface area contributed by atoms with E-state index in [-0.39, 0.29) is 12.1 Å². The number of piperazine rings is 1. The third-order valence-electron chi connectivity index (χ3n) is 3.16. The quantitative estimate of drug-likeness (QED) is 0.900. The summed E-state index contributed by atoms with van der Waals surface area (Å²) < 4.78 is 5.87. The molecule has 0 aliphatic carbocycles. The molecule has 102 valence electrons. The second-order valence-electron chi connectivity index (χ2n) is 5.09. The summed E-state index contributed by atoms with van der Waals surface area (Å²) in [6, 6.07) is 10.6. The van der Waals surface area contributed by atoms with Crippen LogP contribution in [0.15, 0.2) is 24.3 Å². The van der Waals surface area contributed by atoms with Crippen LogP contribution in [-0.2, 0) is 0 Å². The van der Waals surface area contributed by atoms with E-state index in [9.17, 15) is 0 Å². The van der Waals surface area contributed by atoms with E-state index in [0.29, 0.717) is 6.42 Å². The number of nitrogens with zero attached hydrogens (tertiary/aromatic N) is 2. The molecule has 1 fully saturated rings. The van der Waals surface area contributed by atoms with Crippen LogP contribution in [-0.4, -0.2) is 31.8 Å². The van der Waals surface area contributed by atoms with Gasteiger partial charge in [0.25, 0.3) is 0 Å². The Hall–Kier alpha value is -1.73. The molecule has 0 aromatic heterocycles. The van der Waals surface area contributed by atoms with Gasteiger partial charge in [0.1, 0.15) is 5.75 Å². The molecule has 19 heavy (non-hydrogen) atoms. The highest BCUT2D eigenvalue weighted by atomic mass is 16.5. The van der Waals surface area contributed by atoms with Gasteiger partial charge in [-0.2, -0.15) is 5.26 Å². The summed E-state index contributed by atoms with van der Waals surface area (Å²) in [5, 5.41) is 12.2. The zero-order valence-corrected chi connectivity index (χ0v) is 11.6. The van der Waals surface area contributed by atoms with Crippen molar-refractivity contribution in [3.05, 3.63) is 24.3 Å². The number of anilines is 1. The van der Waals surface area contributed by atoms with E-state index in [4.69, 9.17) is 10.00 Å². The molecule has 0 saturated carbocycles. The number of para-hydroxylation sites is 2. The Morgan fingerprint density at radius 2 is 2.26 bits per heavy atom. The van der Waals surface area contributed by atoms with Gasteiger partial charge in [-0.05, 0) is 26.0 Å². The van der Waals surface area contributed by atoms with Crippen molar-refractivity contribution in [3.8, 4) is 11.8 Å². The molecule has 0 spiro atoms. The summed E-state index contributed by atoms with van der Waals surface area (Å²) >= 11 is 0. The molecule has 1 N–H and O–H groups in total. The summed E-state index contributed by atoms with van der Waals surface area (Å²) in [5.41, 5.74) is 1.13. The van der Waals surface area contributed by atoms with Crippen LogP contribution in [0.25, 0.3) is 0 Å². The van der Waals surface area contributed by atoms with Crippen LogP contribution in [0.1, 0.15) is 20.3 Å². The minimum absolute atomic E-state index is 0.166. The van der Waals surface area contributed by atoms with Crippen LogP contribution >= 0.6 is 0 Å². The maximum Gasteiger partial charge on any atom is 0.142 e. The van der Waals surface area contributed by atoms with Crippen molar-refractivity contribution in [1.82, 2.24) is 5.32 Å². The average Bonchev–Trinajstić information content (AvgIpc) is 2.39. The molecule has 4 nitrogen and oxygen atoms in total. The molecule has 1 saturated heterocycles. The molecule has 0 radical (unpaired) electrons. The van der Waals surface area contributed by atoms with Crippen LogP contribution in [0.5, 0.6) is 5.75 Å². The van der Waals surface area contributed by atoms with Crippen molar-refractivity contribution in [2.45, 2.75) is 32.4 Å². The highest BCUT2D eigenvalue weighted by Crippen LogP contribution is 2.29. The standard InChI is InChI=1S/C15H21N3O/c1-12(2)19-15-6-4-3-5-14(15)18-10-9-17-13(11-18)7-8-16/h3-6,12-13,17H,7,9-11H2,1-2H3. The van der Waals surface area contributed by atoms with E-state index in [1.54, 1.807) is 0 Å². The first-order valence-corrected chi connectivity index (χ1v) is 6.81. The second kappa shape index (κ2) is 6.44. The van der Waals surface area contributed by atoms with E-state index < -0.39 is 0 Å². The normalized spacial score (nSPS) is 19.3. The van der Waals surface area contributed by atoms with Gasteiger partial charge < -0.3 is 15.0 Å². The smallest absolute Gasteiger partial charge is 0.142 e. The van der Waals surface area contributed by atoms with Crippen molar-refractivity contribution in [2.24, 2.45) is 0 Å². The summed E-state index contributed by atoms with van der Waals surface area (Å²) in [5.74, 6) is 0.926. The first kappa shape index (κ1) is 13.7. The van der Waals surface area contributed by atoms with Crippen LogP contribution < -0.4 is 15.0 Å². The Bertz CT molecular complexity index is 453. The molecule has 0 bridgehead atoms. The highest BCUT2D eigenvalue weighted by Gasteiger charge is 2.21. The van der Waals surface area contributed by atoms with E-state index >= 15 is 0 Å². The summed E-state index contributed by atoms with van der Waals surface area (Å²) in [4.78, 5) is 2.30. The molecule has 1 aromatic carbocycles. The molecule has 1 aromatic rings. The molecule has 1 aliphatic heterocycles. The first-order valence-electron chi connectivity index (χ1n) is 6.81. The van der Waals surface area contributed by atoms with Gasteiger partial charge in [0.15, 0.2) is 0 Å². The van der Waals surface area contributed by atoms with Crippen LogP contribution in [0, 0.1) is 11.3 Å². The third-order valence-corrected chi connectivity index (χ3v) is 3.16. The van der Waals surface area contributed by atoms with Gasteiger partial charge in [-0.1, -0.05) is 12.1 Å². The molecule has 0 amide bonds. The Labute approximate surface area is 115 Å². The van der Waals surface area contributed by atoms with Crippen LogP contribution in [0.4, 0.5) is 5.69 Å². The lowest BCUT2D eigenvalue weighted by atomic mass is 10.1. The molecule has 1 heterocycles. The molecule has 1 unspecified atom stereocenters. The maximum atomic E-state index is 8.82. The van der Waals surface area contributed by atoms with Gasteiger partial charge in [-0.3, -0.25) is 0 Å². The lowest BCUT2D eigenvalue weighted by Crippen LogP contribution is -2.50. The van der Waals surface area contributed by atoms with E-state index in [2.05, 4.69) is 22.4 Å². The monoisotopic (exact) mass is 259 g/mol. The molecule has 4 heteroatoms.